The molecular formula is C16H14ClNO2. The molecule has 0 spiro atoms. The number of carbonyl (C=O) groups is 1. The molecule has 20 heavy (non-hydrogen) atoms. The molecule has 0 aliphatic heterocycles. The van der Waals surface area contributed by atoms with Crippen LogP contribution in [0.15, 0.2) is 54.6 Å². The minimum Gasteiger partial charge on any atom is -0.281 e. The van der Waals surface area contributed by atoms with Crippen LogP contribution in [0.2, 0.25) is 0 Å². The predicted octanol–water partition coefficient (Wildman–Crippen LogP) is 3.82. The molecule has 1 amide bonds. The summed E-state index contributed by atoms with van der Waals surface area (Å²) >= 11 is 5.38. The van der Waals surface area contributed by atoms with Gasteiger partial charge < -0.3 is 0 Å². The Hall–Kier alpha value is -2.10. The lowest BCUT2D eigenvalue weighted by Crippen LogP contribution is -2.27. The zero-order valence-corrected chi connectivity index (χ0v) is 11.5. The third-order valence-corrected chi connectivity index (χ3v) is 2.98. The maximum atomic E-state index is 11.2. The van der Waals surface area contributed by atoms with Gasteiger partial charge in [0.25, 0.3) is 5.91 Å². The van der Waals surface area contributed by atoms with Gasteiger partial charge in [-0.25, -0.2) is 0 Å². The first-order chi connectivity index (χ1) is 9.70. The number of anilines is 1. The maximum Gasteiger partial charge on any atom is 0.265 e. The van der Waals surface area contributed by atoms with Crippen LogP contribution in [0.1, 0.15) is 11.1 Å². The lowest BCUT2D eigenvalue weighted by molar-refractivity contribution is -0.121. The van der Waals surface area contributed by atoms with Gasteiger partial charge in [-0.05, 0) is 23.3 Å². The monoisotopic (exact) mass is 287 g/mol. The van der Waals surface area contributed by atoms with E-state index in [1.165, 1.54) is 0 Å². The minimum atomic E-state index is -0.556. The molecule has 0 radical (unpaired) electrons. The number of alkyl halides is 1. The van der Waals surface area contributed by atoms with Gasteiger partial charge in [0.1, 0.15) is 5.88 Å². The number of hydroxylamine groups is 1. The summed E-state index contributed by atoms with van der Waals surface area (Å²) in [4.78, 5) is 11.2. The summed E-state index contributed by atoms with van der Waals surface area (Å²) in [5.74, 6) is -0.814. The molecule has 2 rings (SSSR count). The largest absolute Gasteiger partial charge is 0.281 e. The van der Waals surface area contributed by atoms with Crippen LogP contribution in [0, 0.1) is 0 Å². The average molecular weight is 288 g/mol. The third kappa shape index (κ3) is 3.70. The number of rotatable bonds is 4. The number of hydrogen-bond acceptors (Lipinski definition) is 2. The Morgan fingerprint density at radius 1 is 1.00 bits per heavy atom. The lowest BCUT2D eigenvalue weighted by Gasteiger charge is -2.13. The first kappa shape index (κ1) is 14.3. The van der Waals surface area contributed by atoms with Crippen molar-refractivity contribution < 1.29 is 10.0 Å². The topological polar surface area (TPSA) is 40.5 Å². The van der Waals surface area contributed by atoms with Gasteiger partial charge in [0, 0.05) is 0 Å². The smallest absolute Gasteiger partial charge is 0.265 e. The fourth-order valence-electron chi connectivity index (χ4n) is 1.68. The summed E-state index contributed by atoms with van der Waals surface area (Å²) in [6.07, 6.45) is 3.96. The van der Waals surface area contributed by atoms with Gasteiger partial charge in [-0.3, -0.25) is 10.0 Å². The van der Waals surface area contributed by atoms with Crippen LogP contribution in [-0.2, 0) is 4.79 Å². The summed E-state index contributed by atoms with van der Waals surface area (Å²) in [6.45, 7) is 0. The molecule has 2 aromatic rings. The number of hydrogen-bond donors (Lipinski definition) is 1. The second-order valence-corrected chi connectivity index (χ2v) is 4.44. The van der Waals surface area contributed by atoms with Crippen molar-refractivity contribution in [3.8, 4) is 0 Å². The van der Waals surface area contributed by atoms with Gasteiger partial charge in [-0.2, -0.15) is 5.06 Å². The van der Waals surface area contributed by atoms with E-state index in [1.807, 2.05) is 54.6 Å². The van der Waals surface area contributed by atoms with E-state index in [1.54, 1.807) is 12.1 Å². The van der Waals surface area contributed by atoms with Crippen molar-refractivity contribution in [3.05, 3.63) is 65.7 Å². The Morgan fingerprint density at radius 2 is 1.55 bits per heavy atom. The highest BCUT2D eigenvalue weighted by atomic mass is 35.5. The van der Waals surface area contributed by atoms with Crippen molar-refractivity contribution in [2.75, 3.05) is 10.9 Å². The van der Waals surface area contributed by atoms with Crippen LogP contribution >= 0.6 is 11.6 Å². The van der Waals surface area contributed by atoms with Gasteiger partial charge in [0.05, 0.1) is 5.69 Å². The second kappa shape index (κ2) is 6.89. The molecule has 0 fully saturated rings. The molecule has 2 aromatic carbocycles. The summed E-state index contributed by atoms with van der Waals surface area (Å²) in [7, 11) is 0. The molecule has 0 aliphatic rings. The normalized spacial score (nSPS) is 10.7. The third-order valence-electron chi connectivity index (χ3n) is 2.76. The average Bonchev–Trinajstić information content (AvgIpc) is 2.53. The van der Waals surface area contributed by atoms with Crippen molar-refractivity contribution >= 4 is 35.3 Å². The zero-order chi connectivity index (χ0) is 14.4. The van der Waals surface area contributed by atoms with Gasteiger partial charge in [0.15, 0.2) is 0 Å². The highest BCUT2D eigenvalue weighted by molar-refractivity contribution is 6.29. The second-order valence-electron chi connectivity index (χ2n) is 4.17. The van der Waals surface area contributed by atoms with Gasteiger partial charge in [-0.1, -0.05) is 54.6 Å². The number of benzene rings is 2. The predicted molar refractivity (Wildman–Crippen MR) is 81.8 cm³/mol. The highest BCUT2D eigenvalue weighted by Crippen LogP contribution is 2.16. The van der Waals surface area contributed by atoms with E-state index in [2.05, 4.69) is 0 Å². The van der Waals surface area contributed by atoms with Crippen LogP contribution in [0.4, 0.5) is 5.69 Å². The van der Waals surface area contributed by atoms with Crippen LogP contribution in [-0.4, -0.2) is 17.0 Å². The molecule has 3 nitrogen and oxygen atoms in total. The Balaban J connectivity index is 2.09. The van der Waals surface area contributed by atoms with E-state index >= 15 is 0 Å². The molecule has 1 N–H and O–H groups in total. The molecule has 0 unspecified atom stereocenters. The number of carbonyl (C=O) groups excluding carboxylic acids is 1. The zero-order valence-electron chi connectivity index (χ0n) is 10.7. The van der Waals surface area contributed by atoms with Crippen LogP contribution in [0.5, 0.6) is 0 Å². The van der Waals surface area contributed by atoms with Crippen molar-refractivity contribution in [2.24, 2.45) is 0 Å². The van der Waals surface area contributed by atoms with E-state index in [4.69, 9.17) is 11.6 Å². The standard InChI is InChI=1S/C16H14ClNO2/c17-12-16(19)18(20)15-10-8-14(9-11-15)7-6-13-4-2-1-3-5-13/h1-11,20H,12H2/b7-6+. The summed E-state index contributed by atoms with van der Waals surface area (Å²) in [5.41, 5.74) is 2.48. The minimum absolute atomic E-state index is 0.258. The fourth-order valence-corrected chi connectivity index (χ4v) is 1.80. The Morgan fingerprint density at radius 3 is 2.10 bits per heavy atom. The molecule has 0 saturated heterocycles. The van der Waals surface area contributed by atoms with Crippen molar-refractivity contribution in [2.45, 2.75) is 0 Å². The van der Waals surface area contributed by atoms with Gasteiger partial charge in [-0.15, -0.1) is 11.6 Å². The number of amides is 1. The van der Waals surface area contributed by atoms with E-state index in [9.17, 15) is 10.0 Å². The maximum absolute atomic E-state index is 11.2. The molecule has 0 atom stereocenters. The lowest BCUT2D eigenvalue weighted by atomic mass is 10.1. The van der Waals surface area contributed by atoms with Crippen LogP contribution in [0.3, 0.4) is 0 Å². The van der Waals surface area contributed by atoms with E-state index < -0.39 is 5.91 Å². The van der Waals surface area contributed by atoms with E-state index in [0.29, 0.717) is 10.8 Å². The quantitative estimate of drug-likeness (QED) is 0.402. The number of nitrogens with zero attached hydrogens (tertiary/aromatic N) is 1. The Labute approximate surface area is 122 Å². The summed E-state index contributed by atoms with van der Waals surface area (Å²) in [6, 6.07) is 16.9. The fraction of sp³-hybridized carbons (Fsp3) is 0.0625. The van der Waals surface area contributed by atoms with Crippen LogP contribution < -0.4 is 5.06 Å². The van der Waals surface area contributed by atoms with Crippen molar-refractivity contribution in [3.63, 3.8) is 0 Å². The summed E-state index contributed by atoms with van der Waals surface area (Å²) in [5, 5.41) is 10.1. The molecule has 102 valence electrons. The molecular weight excluding hydrogens is 274 g/mol. The Kier molecular flexibility index (Phi) is 4.93. The molecule has 0 bridgehead atoms. The summed E-state index contributed by atoms with van der Waals surface area (Å²) < 4.78 is 0. The first-order valence-electron chi connectivity index (χ1n) is 6.11. The molecule has 0 aromatic heterocycles. The molecule has 0 aliphatic carbocycles. The molecule has 4 heteroatoms. The van der Waals surface area contributed by atoms with Gasteiger partial charge in [0.2, 0.25) is 0 Å². The SMILES string of the molecule is O=C(CCl)N(O)c1ccc(/C=C/c2ccccc2)cc1. The van der Waals surface area contributed by atoms with E-state index in [-0.39, 0.29) is 5.88 Å². The molecule has 0 heterocycles. The first-order valence-corrected chi connectivity index (χ1v) is 6.65. The van der Waals surface area contributed by atoms with E-state index in [0.717, 1.165) is 11.1 Å². The van der Waals surface area contributed by atoms with Crippen LogP contribution in [0.25, 0.3) is 12.2 Å². The highest BCUT2D eigenvalue weighted by Gasteiger charge is 2.10. The number of halogens is 1. The van der Waals surface area contributed by atoms with Crippen molar-refractivity contribution in [1.82, 2.24) is 0 Å². The Bertz CT molecular complexity index is 594. The van der Waals surface area contributed by atoms with Crippen molar-refractivity contribution in [1.29, 1.82) is 0 Å². The molecule has 0 saturated carbocycles. The van der Waals surface area contributed by atoms with Gasteiger partial charge >= 0.3 is 0 Å².